The van der Waals surface area contributed by atoms with Crippen molar-refractivity contribution in [2.75, 3.05) is 6.61 Å². The lowest BCUT2D eigenvalue weighted by Gasteiger charge is -2.37. The van der Waals surface area contributed by atoms with Crippen LogP contribution in [0.3, 0.4) is 0 Å². The van der Waals surface area contributed by atoms with Gasteiger partial charge in [-0.05, 0) is 12.1 Å². The summed E-state index contributed by atoms with van der Waals surface area (Å²) < 4.78 is 10.3. The lowest BCUT2D eigenvalue weighted by Crippen LogP contribution is -2.58. The molecular weight excluding hydrogens is 442 g/mol. The minimum Gasteiger partial charge on any atom is -0.451 e. The third-order valence-electron chi connectivity index (χ3n) is 5.20. The van der Waals surface area contributed by atoms with E-state index in [0.717, 1.165) is 5.39 Å². The highest BCUT2D eigenvalue weighted by Gasteiger charge is 2.42. The summed E-state index contributed by atoms with van der Waals surface area (Å²) >= 11 is 6.10. The summed E-state index contributed by atoms with van der Waals surface area (Å²) in [6.07, 6.45) is -7.04. The van der Waals surface area contributed by atoms with Gasteiger partial charge in [-0.15, -0.1) is 0 Å². The third kappa shape index (κ3) is 4.07. The van der Waals surface area contributed by atoms with Crippen LogP contribution in [0.5, 0.6) is 0 Å². The molecule has 5 atom stereocenters. The zero-order chi connectivity index (χ0) is 23.0. The van der Waals surface area contributed by atoms with E-state index in [2.05, 4.69) is 9.72 Å². The number of benzene rings is 3. The molecule has 168 valence electrons. The molecule has 2 aromatic carbocycles. The van der Waals surface area contributed by atoms with Gasteiger partial charge in [-0.3, -0.25) is 4.79 Å². The van der Waals surface area contributed by atoms with Crippen molar-refractivity contribution in [3.05, 3.63) is 63.8 Å². The molecule has 0 amide bonds. The second-order valence-corrected chi connectivity index (χ2v) is 7.70. The Morgan fingerprint density at radius 1 is 0.938 bits per heavy atom. The normalized spacial score (nSPS) is 25.6. The minimum atomic E-state index is -1.57. The van der Waals surface area contributed by atoms with Crippen molar-refractivity contribution < 1.29 is 34.7 Å². The molecule has 0 radical (unpaired) electrons. The van der Waals surface area contributed by atoms with Crippen molar-refractivity contribution >= 4 is 33.5 Å². The number of hydrogen-bond donors (Lipinski definition) is 5. The molecule has 10 heteroatoms. The fraction of sp³-hybridized carbons (Fsp3) is 0.273. The van der Waals surface area contributed by atoms with Gasteiger partial charge in [0.25, 0.3) is 0 Å². The highest BCUT2D eigenvalue weighted by molar-refractivity contribution is 6.34. The van der Waals surface area contributed by atoms with Gasteiger partial charge in [0, 0.05) is 16.8 Å². The van der Waals surface area contributed by atoms with Crippen LogP contribution < -0.4 is 5.43 Å². The topological polar surface area (TPSA) is 153 Å². The molecule has 0 saturated carbocycles. The van der Waals surface area contributed by atoms with Crippen LogP contribution in [0.15, 0.2) is 57.7 Å². The Bertz CT molecular complexity index is 1270. The molecule has 5 rings (SSSR count). The van der Waals surface area contributed by atoms with E-state index >= 15 is 0 Å². The van der Waals surface area contributed by atoms with E-state index in [1.54, 1.807) is 12.1 Å². The zero-order valence-corrected chi connectivity index (χ0v) is 17.3. The van der Waals surface area contributed by atoms with Crippen LogP contribution in [0.2, 0.25) is 5.02 Å². The summed E-state index contributed by atoms with van der Waals surface area (Å²) in [7, 11) is 0. The van der Waals surface area contributed by atoms with Crippen LogP contribution in [0.4, 0.5) is 0 Å². The van der Waals surface area contributed by atoms with E-state index < -0.39 is 37.3 Å². The molecule has 32 heavy (non-hydrogen) atoms. The molecule has 0 bridgehead atoms. The molecule has 5 N–H and O–H groups in total. The Morgan fingerprint density at radius 2 is 1.66 bits per heavy atom. The van der Waals surface area contributed by atoms with Gasteiger partial charge in [-0.25, -0.2) is 4.98 Å². The van der Waals surface area contributed by atoms with E-state index in [1.807, 2.05) is 30.3 Å². The van der Waals surface area contributed by atoms with E-state index in [1.165, 1.54) is 6.07 Å². The predicted molar refractivity (Wildman–Crippen MR) is 115 cm³/mol. The number of aliphatic hydroxyl groups excluding tert-OH is 5. The molecule has 3 aliphatic rings. The average molecular weight is 462 g/mol. The second-order valence-electron chi connectivity index (χ2n) is 7.29. The van der Waals surface area contributed by atoms with Gasteiger partial charge in [-0.1, -0.05) is 41.9 Å². The van der Waals surface area contributed by atoms with Crippen LogP contribution in [0.1, 0.15) is 0 Å². The SMILES string of the molecule is O=c1cc2oc3c(Cl)cccc3nc-2c2ccccc12.OC[C@H]1O[C@@H](O)[C@H](O)[C@@H](O)[C@H]1O. The summed E-state index contributed by atoms with van der Waals surface area (Å²) in [6.45, 7) is -0.526. The molecule has 0 aromatic heterocycles. The van der Waals surface area contributed by atoms with Crippen molar-refractivity contribution in [2.45, 2.75) is 30.7 Å². The fourth-order valence-corrected chi connectivity index (χ4v) is 3.70. The Labute approximate surface area is 186 Å². The van der Waals surface area contributed by atoms with E-state index in [0.29, 0.717) is 33.0 Å². The van der Waals surface area contributed by atoms with Crippen LogP contribution in [0.25, 0.3) is 33.3 Å². The predicted octanol–water partition coefficient (Wildman–Crippen LogP) is 0.878. The highest BCUT2D eigenvalue weighted by Crippen LogP contribution is 2.32. The van der Waals surface area contributed by atoms with Crippen LogP contribution in [-0.2, 0) is 4.74 Å². The second kappa shape index (κ2) is 9.08. The number of hydrogen-bond acceptors (Lipinski definition) is 9. The van der Waals surface area contributed by atoms with Gasteiger partial charge in [0.1, 0.15) is 35.6 Å². The Morgan fingerprint density at radius 3 is 2.38 bits per heavy atom. The molecule has 9 nitrogen and oxygen atoms in total. The summed E-state index contributed by atoms with van der Waals surface area (Å²) in [5, 5.41) is 46.6. The number of para-hydroxylation sites is 1. The van der Waals surface area contributed by atoms with Crippen molar-refractivity contribution in [1.29, 1.82) is 0 Å². The van der Waals surface area contributed by atoms with Crippen LogP contribution in [-0.4, -0.2) is 67.8 Å². The maximum absolute atomic E-state index is 12.1. The van der Waals surface area contributed by atoms with Gasteiger partial charge < -0.3 is 34.7 Å². The van der Waals surface area contributed by atoms with Crippen LogP contribution in [0, 0.1) is 0 Å². The average Bonchev–Trinajstić information content (AvgIpc) is 2.80. The minimum absolute atomic E-state index is 0.0787. The smallest absolute Gasteiger partial charge is 0.190 e. The van der Waals surface area contributed by atoms with E-state index in [9.17, 15) is 4.79 Å². The molecule has 1 fully saturated rings. The zero-order valence-electron chi connectivity index (χ0n) is 16.5. The number of halogens is 1. The first-order valence-electron chi connectivity index (χ1n) is 9.71. The van der Waals surface area contributed by atoms with E-state index in [-0.39, 0.29) is 5.43 Å². The number of nitrogens with zero attached hydrogens (tertiary/aromatic N) is 1. The lowest BCUT2D eigenvalue weighted by molar-refractivity contribution is -0.286. The van der Waals surface area contributed by atoms with Gasteiger partial charge in [-0.2, -0.15) is 0 Å². The number of rotatable bonds is 1. The molecule has 2 aliphatic heterocycles. The summed E-state index contributed by atoms with van der Waals surface area (Å²) in [5.41, 5.74) is 1.77. The number of ether oxygens (including phenoxy) is 1. The number of fused-ring (bicyclic) bond motifs is 4. The van der Waals surface area contributed by atoms with Gasteiger partial charge in [0.2, 0.25) is 0 Å². The molecular formula is C22H20ClNO8. The van der Waals surface area contributed by atoms with Gasteiger partial charge in [0.05, 0.1) is 11.6 Å². The van der Waals surface area contributed by atoms with Crippen molar-refractivity contribution in [3.8, 4) is 11.5 Å². The van der Waals surface area contributed by atoms with Crippen LogP contribution >= 0.6 is 11.6 Å². The highest BCUT2D eigenvalue weighted by atomic mass is 35.5. The lowest BCUT2D eigenvalue weighted by atomic mass is 10.00. The summed E-state index contributed by atoms with van der Waals surface area (Å²) in [6, 6.07) is 14.2. The largest absolute Gasteiger partial charge is 0.451 e. The Balaban J connectivity index is 0.000000176. The first-order valence-corrected chi connectivity index (χ1v) is 10.1. The van der Waals surface area contributed by atoms with Gasteiger partial charge >= 0.3 is 0 Å². The molecule has 2 heterocycles. The van der Waals surface area contributed by atoms with Crippen molar-refractivity contribution in [3.63, 3.8) is 0 Å². The Kier molecular flexibility index (Phi) is 6.40. The molecule has 0 spiro atoms. The monoisotopic (exact) mass is 461 g/mol. The summed E-state index contributed by atoms with van der Waals surface area (Å²) in [4.78, 5) is 16.7. The Hall–Kier alpha value is -2.63. The van der Waals surface area contributed by atoms with Crippen molar-refractivity contribution in [2.24, 2.45) is 0 Å². The van der Waals surface area contributed by atoms with E-state index in [4.69, 9.17) is 41.6 Å². The third-order valence-corrected chi connectivity index (χ3v) is 5.50. The number of aliphatic hydroxyl groups is 5. The van der Waals surface area contributed by atoms with Crippen molar-refractivity contribution in [1.82, 2.24) is 4.98 Å². The molecule has 1 aliphatic carbocycles. The molecule has 0 unspecified atom stereocenters. The summed E-state index contributed by atoms with van der Waals surface area (Å²) in [5.74, 6) is 0.453. The standard InChI is InChI=1S/C16H8ClNO2.C6H12O6/c17-11-6-3-7-12-16(11)20-14-8-13(19)9-4-1-2-5-10(9)15(14)18-12;7-1-2-3(8)4(9)5(10)6(11)12-2/h1-8H;2-11H,1H2/t;2-,3+,4+,5-,6-/m.1/s1. The fourth-order valence-electron chi connectivity index (χ4n) is 3.49. The maximum Gasteiger partial charge on any atom is 0.190 e. The molecule has 2 aromatic rings. The first kappa shape index (κ1) is 22.6. The quantitative estimate of drug-likeness (QED) is 0.205. The van der Waals surface area contributed by atoms with Gasteiger partial charge in [0.15, 0.2) is 23.1 Å². The maximum atomic E-state index is 12.1. The first-order chi connectivity index (χ1) is 15.3. The number of aromatic nitrogens is 1. The molecule has 1 saturated heterocycles.